The van der Waals surface area contributed by atoms with Crippen LogP contribution in [0.15, 0.2) is 18.3 Å². The van der Waals surface area contributed by atoms with E-state index in [4.69, 9.17) is 5.73 Å². The molecular weight excluding hydrogens is 198 g/mol. The molecule has 1 aliphatic carbocycles. The number of hydrogen-bond donors (Lipinski definition) is 2. The largest absolute Gasteiger partial charge is 0.384 e. The highest BCUT2D eigenvalue weighted by molar-refractivity contribution is 5.32. The third kappa shape index (κ3) is 2.35. The lowest BCUT2D eigenvalue weighted by Crippen LogP contribution is -2.29. The van der Waals surface area contributed by atoms with Gasteiger partial charge in [0.2, 0.25) is 0 Å². The summed E-state index contributed by atoms with van der Waals surface area (Å²) in [5.74, 6) is 2.16. The van der Waals surface area contributed by atoms with E-state index < -0.39 is 0 Å². The van der Waals surface area contributed by atoms with Crippen molar-refractivity contribution in [1.82, 2.24) is 10.3 Å². The van der Waals surface area contributed by atoms with Gasteiger partial charge in [0.05, 0.1) is 0 Å². The summed E-state index contributed by atoms with van der Waals surface area (Å²) in [5.41, 5.74) is 7.02. The third-order valence-corrected chi connectivity index (χ3v) is 3.94. The van der Waals surface area contributed by atoms with Crippen LogP contribution in [0.5, 0.6) is 0 Å². The molecule has 0 saturated heterocycles. The quantitative estimate of drug-likeness (QED) is 0.815. The van der Waals surface area contributed by atoms with Crippen LogP contribution in [0.4, 0.5) is 5.82 Å². The smallest absolute Gasteiger partial charge is 0.123 e. The van der Waals surface area contributed by atoms with Crippen LogP contribution in [0.2, 0.25) is 0 Å². The maximum absolute atomic E-state index is 5.70. The van der Waals surface area contributed by atoms with Crippen LogP contribution in [0.1, 0.15) is 25.3 Å². The van der Waals surface area contributed by atoms with Crippen molar-refractivity contribution in [3.8, 4) is 0 Å². The molecule has 16 heavy (non-hydrogen) atoms. The van der Waals surface area contributed by atoms with E-state index in [1.807, 2.05) is 6.07 Å². The summed E-state index contributed by atoms with van der Waals surface area (Å²) >= 11 is 0. The van der Waals surface area contributed by atoms with Gasteiger partial charge in [0.25, 0.3) is 0 Å². The van der Waals surface area contributed by atoms with Crippen molar-refractivity contribution < 1.29 is 0 Å². The molecule has 3 nitrogen and oxygen atoms in total. The highest BCUT2D eigenvalue weighted by Gasteiger charge is 2.31. The Bertz CT molecular complexity index is 351. The second kappa shape index (κ2) is 4.83. The van der Waals surface area contributed by atoms with Gasteiger partial charge in [-0.3, -0.25) is 0 Å². The molecule has 0 aromatic carbocycles. The first kappa shape index (κ1) is 11.4. The van der Waals surface area contributed by atoms with Gasteiger partial charge in [-0.25, -0.2) is 4.98 Å². The lowest BCUT2D eigenvalue weighted by atomic mass is 9.90. The van der Waals surface area contributed by atoms with Gasteiger partial charge in [0, 0.05) is 12.2 Å². The molecule has 1 fully saturated rings. The first-order valence-electron chi connectivity index (χ1n) is 6.08. The molecule has 2 rings (SSSR count). The summed E-state index contributed by atoms with van der Waals surface area (Å²) < 4.78 is 0. The van der Waals surface area contributed by atoms with Crippen LogP contribution in [0, 0.1) is 11.8 Å². The molecule has 1 saturated carbocycles. The molecule has 0 spiro atoms. The molecular formula is C13H21N3. The maximum atomic E-state index is 5.70. The van der Waals surface area contributed by atoms with E-state index in [1.54, 1.807) is 6.20 Å². The number of nitrogen functional groups attached to an aromatic ring is 1. The fraction of sp³-hybridized carbons (Fsp3) is 0.615. The van der Waals surface area contributed by atoms with E-state index >= 15 is 0 Å². The second-order valence-corrected chi connectivity index (χ2v) is 4.88. The molecule has 1 aliphatic rings. The molecule has 0 bridgehead atoms. The standard InChI is InChI=1S/C13H21N3/c1-9-11(3-4-12(9)15-2)7-10-5-6-16-13(14)8-10/h5-6,8-9,11-12,15H,3-4,7H2,1-2H3,(H2,14,16). The number of rotatable bonds is 3. The molecule has 0 amide bonds. The topological polar surface area (TPSA) is 50.9 Å². The van der Waals surface area contributed by atoms with E-state index in [2.05, 4.69) is 30.3 Å². The molecule has 3 N–H and O–H groups in total. The molecule has 3 unspecified atom stereocenters. The molecule has 0 radical (unpaired) electrons. The molecule has 3 atom stereocenters. The van der Waals surface area contributed by atoms with E-state index in [-0.39, 0.29) is 0 Å². The molecule has 1 heterocycles. The van der Waals surface area contributed by atoms with Crippen molar-refractivity contribution in [2.24, 2.45) is 11.8 Å². The SMILES string of the molecule is CNC1CCC(Cc2ccnc(N)c2)C1C. The Balaban J connectivity index is 2.00. The first-order valence-corrected chi connectivity index (χ1v) is 6.08. The third-order valence-electron chi connectivity index (χ3n) is 3.94. The zero-order valence-corrected chi connectivity index (χ0v) is 10.1. The van der Waals surface area contributed by atoms with Gasteiger partial charge in [-0.05, 0) is 55.8 Å². The van der Waals surface area contributed by atoms with Crippen LogP contribution < -0.4 is 11.1 Å². The number of nitrogens with one attached hydrogen (secondary N) is 1. The average molecular weight is 219 g/mol. The number of pyridine rings is 1. The monoisotopic (exact) mass is 219 g/mol. The number of anilines is 1. The molecule has 1 aromatic rings. The van der Waals surface area contributed by atoms with E-state index in [0.29, 0.717) is 11.9 Å². The van der Waals surface area contributed by atoms with Crippen molar-refractivity contribution >= 4 is 5.82 Å². The number of nitrogens with zero attached hydrogens (tertiary/aromatic N) is 1. The maximum Gasteiger partial charge on any atom is 0.123 e. The van der Waals surface area contributed by atoms with Gasteiger partial charge in [-0.2, -0.15) is 0 Å². The normalized spacial score (nSPS) is 29.5. The highest BCUT2D eigenvalue weighted by atomic mass is 14.9. The van der Waals surface area contributed by atoms with E-state index in [0.717, 1.165) is 18.3 Å². The van der Waals surface area contributed by atoms with Crippen LogP contribution in [0.3, 0.4) is 0 Å². The van der Waals surface area contributed by atoms with Crippen LogP contribution in [-0.4, -0.2) is 18.1 Å². The predicted octanol–water partition coefficient (Wildman–Crippen LogP) is 1.84. The van der Waals surface area contributed by atoms with Crippen LogP contribution in [-0.2, 0) is 6.42 Å². The Labute approximate surface area is 97.5 Å². The molecule has 88 valence electrons. The molecule has 0 aliphatic heterocycles. The van der Waals surface area contributed by atoms with Gasteiger partial charge in [-0.1, -0.05) is 6.92 Å². The zero-order chi connectivity index (χ0) is 11.5. The van der Waals surface area contributed by atoms with Crippen LogP contribution >= 0.6 is 0 Å². The lowest BCUT2D eigenvalue weighted by molar-refractivity contribution is 0.364. The van der Waals surface area contributed by atoms with Crippen molar-refractivity contribution in [3.05, 3.63) is 23.9 Å². The Hall–Kier alpha value is -1.09. The minimum absolute atomic E-state index is 0.633. The van der Waals surface area contributed by atoms with Gasteiger partial charge >= 0.3 is 0 Å². The predicted molar refractivity (Wildman–Crippen MR) is 67.1 cm³/mol. The number of aromatic nitrogens is 1. The lowest BCUT2D eigenvalue weighted by Gasteiger charge is -2.20. The minimum atomic E-state index is 0.633. The fourth-order valence-electron chi connectivity index (χ4n) is 2.87. The van der Waals surface area contributed by atoms with Gasteiger partial charge in [0.1, 0.15) is 5.82 Å². The van der Waals surface area contributed by atoms with Crippen molar-refractivity contribution in [2.45, 2.75) is 32.2 Å². The van der Waals surface area contributed by atoms with Gasteiger partial charge < -0.3 is 11.1 Å². The van der Waals surface area contributed by atoms with E-state index in [9.17, 15) is 0 Å². The fourth-order valence-corrected chi connectivity index (χ4v) is 2.87. The molecule has 3 heteroatoms. The van der Waals surface area contributed by atoms with Crippen molar-refractivity contribution in [1.29, 1.82) is 0 Å². The van der Waals surface area contributed by atoms with Crippen molar-refractivity contribution in [3.63, 3.8) is 0 Å². The van der Waals surface area contributed by atoms with Gasteiger partial charge in [-0.15, -0.1) is 0 Å². The summed E-state index contributed by atoms with van der Waals surface area (Å²) in [6.07, 6.45) is 5.55. The summed E-state index contributed by atoms with van der Waals surface area (Å²) in [7, 11) is 2.06. The Morgan fingerprint density at radius 3 is 2.94 bits per heavy atom. The number of nitrogens with two attached hydrogens (primary N) is 1. The zero-order valence-electron chi connectivity index (χ0n) is 10.1. The summed E-state index contributed by atoms with van der Waals surface area (Å²) in [6.45, 7) is 2.35. The Kier molecular flexibility index (Phi) is 3.44. The van der Waals surface area contributed by atoms with Crippen molar-refractivity contribution in [2.75, 3.05) is 12.8 Å². The second-order valence-electron chi connectivity index (χ2n) is 4.88. The average Bonchev–Trinajstić information content (AvgIpc) is 2.60. The van der Waals surface area contributed by atoms with Gasteiger partial charge in [0.15, 0.2) is 0 Å². The summed E-state index contributed by atoms with van der Waals surface area (Å²) in [4.78, 5) is 4.03. The molecule has 1 aromatic heterocycles. The van der Waals surface area contributed by atoms with Crippen LogP contribution in [0.25, 0.3) is 0 Å². The highest BCUT2D eigenvalue weighted by Crippen LogP contribution is 2.34. The Morgan fingerprint density at radius 1 is 1.50 bits per heavy atom. The minimum Gasteiger partial charge on any atom is -0.384 e. The first-order chi connectivity index (χ1) is 7.70. The van der Waals surface area contributed by atoms with E-state index in [1.165, 1.54) is 18.4 Å². The number of hydrogen-bond acceptors (Lipinski definition) is 3. The summed E-state index contributed by atoms with van der Waals surface area (Å²) in [6, 6.07) is 4.76. The summed E-state index contributed by atoms with van der Waals surface area (Å²) in [5, 5.41) is 3.40. The Morgan fingerprint density at radius 2 is 2.31 bits per heavy atom.